The topological polar surface area (TPSA) is 101 Å². The average molecular weight is 303 g/mol. The second kappa shape index (κ2) is 5.13. The summed E-state index contributed by atoms with van der Waals surface area (Å²) in [6, 6.07) is 6.74. The number of aromatic amines is 1. The van der Waals surface area contributed by atoms with Crippen molar-refractivity contribution in [3.05, 3.63) is 42.5 Å². The van der Waals surface area contributed by atoms with E-state index in [4.69, 9.17) is 0 Å². The predicted octanol–water partition coefficient (Wildman–Crippen LogP) is 1.37. The van der Waals surface area contributed by atoms with Crippen molar-refractivity contribution in [1.29, 1.82) is 0 Å². The summed E-state index contributed by atoms with van der Waals surface area (Å²) in [5.74, 6) is 0.657. The molecule has 0 atom stereocenters. The minimum Gasteiger partial charge on any atom is -0.364 e. The Morgan fingerprint density at radius 1 is 1.14 bits per heavy atom. The molecule has 0 aliphatic heterocycles. The van der Waals surface area contributed by atoms with E-state index in [1.54, 1.807) is 30.6 Å². The van der Waals surface area contributed by atoms with Crippen LogP contribution in [0.15, 0.2) is 41.8 Å². The largest absolute Gasteiger partial charge is 0.364 e. The molecule has 7 nitrogen and oxygen atoms in total. The fourth-order valence-corrected chi connectivity index (χ4v) is 2.57. The number of nitrogens with one attached hydrogen (secondary N) is 2. The molecule has 3 rings (SSSR count). The highest BCUT2D eigenvalue weighted by Gasteiger charge is 2.07. The highest BCUT2D eigenvalue weighted by molar-refractivity contribution is 7.90. The van der Waals surface area contributed by atoms with Crippen LogP contribution in [0.25, 0.3) is 11.2 Å². The maximum atomic E-state index is 11.4. The van der Waals surface area contributed by atoms with Gasteiger partial charge in [-0.2, -0.15) is 0 Å². The SMILES string of the molecule is CS(=O)(=O)c1ccc(CNc2ncnc3nc[nH]c23)cc1. The molecule has 0 bridgehead atoms. The summed E-state index contributed by atoms with van der Waals surface area (Å²) in [6.45, 7) is 0.523. The van der Waals surface area contributed by atoms with Crippen LogP contribution in [0.5, 0.6) is 0 Å². The predicted molar refractivity (Wildman–Crippen MR) is 78.6 cm³/mol. The van der Waals surface area contributed by atoms with Gasteiger partial charge in [0.05, 0.1) is 11.2 Å². The smallest absolute Gasteiger partial charge is 0.182 e. The van der Waals surface area contributed by atoms with Crippen molar-refractivity contribution in [2.24, 2.45) is 0 Å². The van der Waals surface area contributed by atoms with Gasteiger partial charge in [-0.3, -0.25) is 0 Å². The fraction of sp³-hybridized carbons (Fsp3) is 0.154. The van der Waals surface area contributed by atoms with Crippen molar-refractivity contribution >= 4 is 26.8 Å². The number of aromatic nitrogens is 4. The van der Waals surface area contributed by atoms with E-state index in [1.807, 2.05) is 0 Å². The van der Waals surface area contributed by atoms with Crippen molar-refractivity contribution in [2.75, 3.05) is 11.6 Å². The molecule has 0 spiro atoms. The Bertz CT molecular complexity index is 871. The Morgan fingerprint density at radius 3 is 2.62 bits per heavy atom. The van der Waals surface area contributed by atoms with Crippen LogP contribution in [0.3, 0.4) is 0 Å². The monoisotopic (exact) mass is 303 g/mol. The molecular weight excluding hydrogens is 290 g/mol. The summed E-state index contributed by atoms with van der Waals surface area (Å²) < 4.78 is 22.8. The first-order valence-corrected chi connectivity index (χ1v) is 8.10. The van der Waals surface area contributed by atoms with Gasteiger partial charge < -0.3 is 10.3 Å². The molecule has 0 unspecified atom stereocenters. The Labute approximate surface area is 121 Å². The molecule has 108 valence electrons. The van der Waals surface area contributed by atoms with E-state index >= 15 is 0 Å². The van der Waals surface area contributed by atoms with Gasteiger partial charge in [-0.25, -0.2) is 23.4 Å². The summed E-state index contributed by atoms with van der Waals surface area (Å²) in [4.78, 5) is 15.5. The summed E-state index contributed by atoms with van der Waals surface area (Å²) >= 11 is 0. The zero-order valence-electron chi connectivity index (χ0n) is 11.2. The maximum Gasteiger partial charge on any atom is 0.182 e. The van der Waals surface area contributed by atoms with Gasteiger partial charge in [-0.15, -0.1) is 0 Å². The van der Waals surface area contributed by atoms with E-state index < -0.39 is 9.84 Å². The molecule has 3 aromatic rings. The number of fused-ring (bicyclic) bond motifs is 1. The Balaban J connectivity index is 1.77. The van der Waals surface area contributed by atoms with Gasteiger partial charge in [0, 0.05) is 12.8 Å². The highest BCUT2D eigenvalue weighted by atomic mass is 32.2. The van der Waals surface area contributed by atoms with Gasteiger partial charge in [0.1, 0.15) is 11.8 Å². The van der Waals surface area contributed by atoms with Crippen molar-refractivity contribution in [3.8, 4) is 0 Å². The third-order valence-electron chi connectivity index (χ3n) is 3.03. The number of nitrogens with zero attached hydrogens (tertiary/aromatic N) is 3. The summed E-state index contributed by atoms with van der Waals surface area (Å²) in [7, 11) is -3.16. The third kappa shape index (κ3) is 2.84. The third-order valence-corrected chi connectivity index (χ3v) is 4.16. The quantitative estimate of drug-likeness (QED) is 0.755. The Kier molecular flexibility index (Phi) is 3.30. The lowest BCUT2D eigenvalue weighted by molar-refractivity contribution is 0.602. The van der Waals surface area contributed by atoms with Gasteiger partial charge in [-0.1, -0.05) is 12.1 Å². The van der Waals surface area contributed by atoms with Crippen LogP contribution in [0.1, 0.15) is 5.56 Å². The number of rotatable bonds is 4. The van der Waals surface area contributed by atoms with E-state index in [9.17, 15) is 8.42 Å². The second-order valence-corrected chi connectivity index (χ2v) is 6.61. The molecule has 0 amide bonds. The molecule has 8 heteroatoms. The lowest BCUT2D eigenvalue weighted by atomic mass is 10.2. The number of hydrogen-bond acceptors (Lipinski definition) is 6. The summed E-state index contributed by atoms with van der Waals surface area (Å²) in [6.07, 6.45) is 4.19. The summed E-state index contributed by atoms with van der Waals surface area (Å²) in [5.41, 5.74) is 2.29. The first kappa shape index (κ1) is 13.5. The van der Waals surface area contributed by atoms with Crippen molar-refractivity contribution < 1.29 is 8.42 Å². The maximum absolute atomic E-state index is 11.4. The van der Waals surface area contributed by atoms with E-state index in [0.717, 1.165) is 11.1 Å². The van der Waals surface area contributed by atoms with Crippen LogP contribution in [0, 0.1) is 0 Å². The minimum absolute atomic E-state index is 0.309. The van der Waals surface area contributed by atoms with Crippen LogP contribution in [0.4, 0.5) is 5.82 Å². The van der Waals surface area contributed by atoms with E-state index in [0.29, 0.717) is 22.9 Å². The number of benzene rings is 1. The van der Waals surface area contributed by atoms with Gasteiger partial charge in [-0.05, 0) is 17.7 Å². The van der Waals surface area contributed by atoms with Crippen molar-refractivity contribution in [1.82, 2.24) is 19.9 Å². The first-order valence-electron chi connectivity index (χ1n) is 6.21. The molecule has 0 saturated heterocycles. The summed E-state index contributed by atoms with van der Waals surface area (Å²) in [5, 5.41) is 3.18. The molecule has 0 radical (unpaired) electrons. The molecule has 0 aliphatic carbocycles. The highest BCUT2D eigenvalue weighted by Crippen LogP contribution is 2.16. The molecule has 21 heavy (non-hydrogen) atoms. The zero-order chi connectivity index (χ0) is 14.9. The molecule has 0 saturated carbocycles. The lowest BCUT2D eigenvalue weighted by Gasteiger charge is -2.06. The van der Waals surface area contributed by atoms with Crippen molar-refractivity contribution in [2.45, 2.75) is 11.4 Å². The molecule has 0 aliphatic rings. The number of imidazole rings is 1. The molecule has 2 N–H and O–H groups in total. The number of sulfone groups is 1. The first-order chi connectivity index (χ1) is 10.0. The number of H-pyrrole nitrogens is 1. The average Bonchev–Trinajstić information content (AvgIpc) is 2.93. The molecule has 0 fully saturated rings. The lowest BCUT2D eigenvalue weighted by Crippen LogP contribution is -2.03. The Morgan fingerprint density at radius 2 is 1.90 bits per heavy atom. The minimum atomic E-state index is -3.16. The number of anilines is 1. The van der Waals surface area contributed by atoms with Crippen LogP contribution < -0.4 is 5.32 Å². The van der Waals surface area contributed by atoms with Crippen LogP contribution in [0.2, 0.25) is 0 Å². The Hall–Kier alpha value is -2.48. The molecular formula is C13H13N5O2S. The molecule has 1 aromatic carbocycles. The zero-order valence-corrected chi connectivity index (χ0v) is 12.1. The van der Waals surface area contributed by atoms with Crippen LogP contribution in [-0.2, 0) is 16.4 Å². The molecule has 2 aromatic heterocycles. The van der Waals surface area contributed by atoms with E-state index in [2.05, 4.69) is 25.3 Å². The molecule has 2 heterocycles. The standard InChI is InChI=1S/C13H13N5O2S/c1-21(19,20)10-4-2-9(3-5-10)6-14-12-11-13(16-7-15-11)18-8-17-12/h2-5,7-8H,6H2,1H3,(H2,14,15,16,17,18). The van der Waals surface area contributed by atoms with Gasteiger partial charge >= 0.3 is 0 Å². The van der Waals surface area contributed by atoms with Crippen LogP contribution >= 0.6 is 0 Å². The van der Waals surface area contributed by atoms with E-state index in [-0.39, 0.29) is 0 Å². The van der Waals surface area contributed by atoms with Crippen molar-refractivity contribution in [3.63, 3.8) is 0 Å². The number of hydrogen-bond donors (Lipinski definition) is 2. The van der Waals surface area contributed by atoms with Gasteiger partial charge in [0.15, 0.2) is 21.3 Å². The van der Waals surface area contributed by atoms with E-state index in [1.165, 1.54) is 12.6 Å². The second-order valence-electron chi connectivity index (χ2n) is 4.59. The van der Waals surface area contributed by atoms with Gasteiger partial charge in [0.2, 0.25) is 0 Å². The van der Waals surface area contributed by atoms with Crippen LogP contribution in [-0.4, -0.2) is 34.6 Å². The van der Waals surface area contributed by atoms with Gasteiger partial charge in [0.25, 0.3) is 0 Å². The normalized spacial score (nSPS) is 11.7. The fourth-order valence-electron chi connectivity index (χ4n) is 1.94.